The number of fused-ring (bicyclic) bond motifs is 1. The van der Waals surface area contributed by atoms with Crippen LogP contribution in [0.4, 0.5) is 0 Å². The minimum absolute atomic E-state index is 0.110. The number of ether oxygens (including phenoxy) is 2. The molecular weight excluding hydrogens is 354 g/mol. The lowest BCUT2D eigenvalue weighted by atomic mass is 10.1. The summed E-state index contributed by atoms with van der Waals surface area (Å²) in [4.78, 5) is 28.3. The van der Waals surface area contributed by atoms with Crippen molar-refractivity contribution >= 4 is 38.8 Å². The van der Waals surface area contributed by atoms with E-state index >= 15 is 0 Å². The molecule has 1 heterocycles. The second-order valence-corrected chi connectivity index (χ2v) is 5.20. The maximum atomic E-state index is 12.1. The SMILES string of the molecule is CCOC(=O)c1nc2cc(Br)ccc2c(O)c1C(=O)OCC. The number of hydrogen-bond acceptors (Lipinski definition) is 6. The zero-order valence-corrected chi connectivity index (χ0v) is 13.6. The summed E-state index contributed by atoms with van der Waals surface area (Å²) in [6, 6.07) is 4.93. The summed E-state index contributed by atoms with van der Waals surface area (Å²) in [5.41, 5.74) is -0.179. The molecule has 0 fully saturated rings. The molecule has 1 aromatic heterocycles. The molecule has 7 heteroatoms. The summed E-state index contributed by atoms with van der Waals surface area (Å²) in [7, 11) is 0. The van der Waals surface area contributed by atoms with E-state index in [9.17, 15) is 14.7 Å². The number of nitrogens with zero attached hydrogens (tertiary/aromatic N) is 1. The highest BCUT2D eigenvalue weighted by Crippen LogP contribution is 2.32. The fourth-order valence-corrected chi connectivity index (χ4v) is 2.31. The van der Waals surface area contributed by atoms with Crippen LogP contribution >= 0.6 is 15.9 Å². The topological polar surface area (TPSA) is 85.7 Å². The number of aromatic nitrogens is 1. The molecule has 116 valence electrons. The Labute approximate surface area is 135 Å². The van der Waals surface area contributed by atoms with E-state index in [0.29, 0.717) is 10.9 Å². The van der Waals surface area contributed by atoms with E-state index in [-0.39, 0.29) is 30.2 Å². The van der Waals surface area contributed by atoms with Crippen molar-refractivity contribution in [1.82, 2.24) is 4.98 Å². The number of carbonyl (C=O) groups excluding carboxylic acids is 2. The Morgan fingerprint density at radius 2 is 1.82 bits per heavy atom. The molecule has 0 radical (unpaired) electrons. The predicted molar refractivity (Wildman–Crippen MR) is 83.0 cm³/mol. The monoisotopic (exact) mass is 367 g/mol. The normalized spacial score (nSPS) is 10.5. The molecular formula is C15H14BrNO5. The van der Waals surface area contributed by atoms with E-state index in [1.807, 2.05) is 0 Å². The number of carbonyl (C=O) groups is 2. The second-order valence-electron chi connectivity index (χ2n) is 4.29. The van der Waals surface area contributed by atoms with Gasteiger partial charge in [-0.25, -0.2) is 14.6 Å². The third kappa shape index (κ3) is 3.04. The van der Waals surface area contributed by atoms with E-state index in [1.54, 1.807) is 32.0 Å². The van der Waals surface area contributed by atoms with E-state index in [2.05, 4.69) is 20.9 Å². The largest absolute Gasteiger partial charge is 0.506 e. The number of benzene rings is 1. The molecule has 0 aliphatic carbocycles. The van der Waals surface area contributed by atoms with Crippen LogP contribution < -0.4 is 0 Å². The third-order valence-corrected chi connectivity index (χ3v) is 3.36. The van der Waals surface area contributed by atoms with E-state index in [0.717, 1.165) is 4.47 Å². The first kappa shape index (κ1) is 16.2. The molecule has 0 atom stereocenters. The molecule has 0 saturated carbocycles. The first-order valence-corrected chi connectivity index (χ1v) is 7.45. The Kier molecular flexibility index (Phi) is 4.97. The molecule has 2 rings (SSSR count). The van der Waals surface area contributed by atoms with Crippen molar-refractivity contribution in [3.8, 4) is 5.75 Å². The van der Waals surface area contributed by atoms with Crippen molar-refractivity contribution < 1.29 is 24.2 Å². The number of halogens is 1. The number of rotatable bonds is 4. The Morgan fingerprint density at radius 1 is 1.18 bits per heavy atom. The third-order valence-electron chi connectivity index (χ3n) is 2.87. The summed E-state index contributed by atoms with van der Waals surface area (Å²) in [6.45, 7) is 3.50. The van der Waals surface area contributed by atoms with Gasteiger partial charge in [0.1, 0.15) is 11.3 Å². The van der Waals surface area contributed by atoms with Gasteiger partial charge in [0.25, 0.3) is 0 Å². The lowest BCUT2D eigenvalue weighted by Gasteiger charge is -2.12. The Hall–Kier alpha value is -2.15. The van der Waals surface area contributed by atoms with Crippen LogP contribution in [0.5, 0.6) is 5.75 Å². The molecule has 1 aromatic carbocycles. The quantitative estimate of drug-likeness (QED) is 0.835. The van der Waals surface area contributed by atoms with E-state index in [1.165, 1.54) is 0 Å². The minimum Gasteiger partial charge on any atom is -0.506 e. The molecule has 0 aliphatic rings. The molecule has 0 saturated heterocycles. The molecule has 6 nitrogen and oxygen atoms in total. The van der Waals surface area contributed by atoms with Gasteiger partial charge in [-0.15, -0.1) is 0 Å². The maximum absolute atomic E-state index is 12.1. The van der Waals surface area contributed by atoms with Crippen molar-refractivity contribution in [2.45, 2.75) is 13.8 Å². The Morgan fingerprint density at radius 3 is 2.45 bits per heavy atom. The van der Waals surface area contributed by atoms with Crippen LogP contribution in [-0.2, 0) is 9.47 Å². The van der Waals surface area contributed by atoms with Crippen LogP contribution in [-0.4, -0.2) is 35.2 Å². The molecule has 0 aliphatic heterocycles. The van der Waals surface area contributed by atoms with Gasteiger partial charge in [0.2, 0.25) is 0 Å². The highest BCUT2D eigenvalue weighted by atomic mass is 79.9. The highest BCUT2D eigenvalue weighted by molar-refractivity contribution is 9.10. The van der Waals surface area contributed by atoms with Gasteiger partial charge < -0.3 is 14.6 Å². The lowest BCUT2D eigenvalue weighted by molar-refractivity contribution is 0.0471. The van der Waals surface area contributed by atoms with Crippen LogP contribution in [0.1, 0.15) is 34.7 Å². The van der Waals surface area contributed by atoms with Crippen molar-refractivity contribution in [2.75, 3.05) is 13.2 Å². The summed E-state index contributed by atoms with van der Waals surface area (Å²) in [6.07, 6.45) is 0. The van der Waals surface area contributed by atoms with E-state index in [4.69, 9.17) is 9.47 Å². The summed E-state index contributed by atoms with van der Waals surface area (Å²) in [5, 5.41) is 10.7. The fraction of sp³-hybridized carbons (Fsp3) is 0.267. The zero-order chi connectivity index (χ0) is 16.3. The average molecular weight is 368 g/mol. The predicted octanol–water partition coefficient (Wildman–Crippen LogP) is 3.06. The number of hydrogen-bond donors (Lipinski definition) is 1. The second kappa shape index (κ2) is 6.74. The molecule has 1 N–H and O–H groups in total. The van der Waals surface area contributed by atoms with Crippen molar-refractivity contribution in [1.29, 1.82) is 0 Å². The van der Waals surface area contributed by atoms with Crippen molar-refractivity contribution in [3.63, 3.8) is 0 Å². The average Bonchev–Trinajstić information content (AvgIpc) is 2.47. The number of pyridine rings is 1. The van der Waals surface area contributed by atoms with Gasteiger partial charge in [0, 0.05) is 9.86 Å². The van der Waals surface area contributed by atoms with Gasteiger partial charge in [0.15, 0.2) is 5.69 Å². The van der Waals surface area contributed by atoms with Crippen LogP contribution in [0.15, 0.2) is 22.7 Å². The Balaban J connectivity index is 2.74. The number of esters is 2. The minimum atomic E-state index is -0.819. The molecule has 0 unspecified atom stereocenters. The van der Waals surface area contributed by atoms with Gasteiger partial charge in [-0.2, -0.15) is 0 Å². The Bertz CT molecular complexity index is 744. The van der Waals surface area contributed by atoms with Gasteiger partial charge in [-0.1, -0.05) is 15.9 Å². The van der Waals surface area contributed by atoms with Gasteiger partial charge in [0.05, 0.1) is 18.7 Å². The lowest BCUT2D eigenvalue weighted by Crippen LogP contribution is -2.16. The van der Waals surface area contributed by atoms with Gasteiger partial charge in [-0.05, 0) is 32.0 Å². The summed E-state index contributed by atoms with van der Waals surface area (Å²) >= 11 is 3.29. The molecule has 0 spiro atoms. The van der Waals surface area contributed by atoms with Gasteiger partial charge >= 0.3 is 11.9 Å². The highest BCUT2D eigenvalue weighted by Gasteiger charge is 2.27. The van der Waals surface area contributed by atoms with Crippen molar-refractivity contribution in [2.24, 2.45) is 0 Å². The van der Waals surface area contributed by atoms with Crippen LogP contribution in [0, 0.1) is 0 Å². The number of aromatic hydroxyl groups is 1. The van der Waals surface area contributed by atoms with Crippen LogP contribution in [0.3, 0.4) is 0 Å². The summed E-state index contributed by atoms with van der Waals surface area (Å²) < 4.78 is 10.5. The first-order chi connectivity index (χ1) is 10.5. The summed E-state index contributed by atoms with van der Waals surface area (Å²) in [5.74, 6) is -1.96. The first-order valence-electron chi connectivity index (χ1n) is 6.66. The van der Waals surface area contributed by atoms with Crippen LogP contribution in [0.2, 0.25) is 0 Å². The zero-order valence-electron chi connectivity index (χ0n) is 12.1. The standard InChI is InChI=1S/C15H14BrNO5/c1-3-21-14(19)11-12(15(20)22-4-2)17-10-7-8(16)5-6-9(10)13(11)18/h5-7H,3-4H2,1-2H3,(H,17,18). The van der Waals surface area contributed by atoms with Crippen LogP contribution in [0.25, 0.3) is 10.9 Å². The maximum Gasteiger partial charge on any atom is 0.357 e. The fourth-order valence-electron chi connectivity index (χ4n) is 1.96. The van der Waals surface area contributed by atoms with Gasteiger partial charge in [-0.3, -0.25) is 0 Å². The molecule has 2 aromatic rings. The molecule has 22 heavy (non-hydrogen) atoms. The van der Waals surface area contributed by atoms with E-state index < -0.39 is 11.9 Å². The molecule has 0 bridgehead atoms. The molecule has 0 amide bonds. The van der Waals surface area contributed by atoms with Crippen molar-refractivity contribution in [3.05, 3.63) is 33.9 Å². The smallest absolute Gasteiger partial charge is 0.357 e.